The van der Waals surface area contributed by atoms with Crippen LogP contribution in [0.25, 0.3) is 11.3 Å². The maximum absolute atomic E-state index is 14.4. The van der Waals surface area contributed by atoms with Gasteiger partial charge in [-0.1, -0.05) is 30.6 Å². The minimum Gasteiger partial charge on any atom is -0.302 e. The van der Waals surface area contributed by atoms with Crippen LogP contribution in [0.2, 0.25) is 0 Å². The molecule has 1 saturated carbocycles. The Labute approximate surface area is 152 Å². The van der Waals surface area contributed by atoms with E-state index in [1.807, 2.05) is 6.07 Å². The van der Waals surface area contributed by atoms with E-state index >= 15 is 0 Å². The summed E-state index contributed by atoms with van der Waals surface area (Å²) in [4.78, 5) is 16.4. The minimum atomic E-state index is -1.27. The highest BCUT2D eigenvalue weighted by Gasteiger charge is 2.25. The van der Waals surface area contributed by atoms with Crippen LogP contribution in [0.5, 0.6) is 0 Å². The van der Waals surface area contributed by atoms with Gasteiger partial charge in [0, 0.05) is 17.0 Å². The number of nitrogens with zero attached hydrogens (tertiary/aromatic N) is 2. The Bertz CT molecular complexity index is 898. The molecule has 0 bridgehead atoms. The van der Waals surface area contributed by atoms with Gasteiger partial charge in [0.25, 0.3) is 0 Å². The number of halogens is 3. The lowest BCUT2D eigenvalue weighted by Crippen LogP contribution is -2.24. The molecule has 0 unspecified atom stereocenters. The summed E-state index contributed by atoms with van der Waals surface area (Å²) < 4.78 is 41.5. The number of rotatable bonds is 3. The molecule has 1 N–H and O–H groups in total. The van der Waals surface area contributed by atoms with Crippen LogP contribution in [-0.2, 0) is 4.79 Å². The predicted molar refractivity (Wildman–Crippen MR) is 92.1 cm³/mol. The highest BCUT2D eigenvalue weighted by molar-refractivity contribution is 7.16. The molecule has 0 atom stereocenters. The maximum Gasteiger partial charge on any atom is 0.229 e. The van der Waals surface area contributed by atoms with Gasteiger partial charge >= 0.3 is 0 Å². The van der Waals surface area contributed by atoms with Crippen LogP contribution in [0.4, 0.5) is 18.3 Å². The molecule has 3 rings (SSSR count). The van der Waals surface area contributed by atoms with Crippen molar-refractivity contribution in [2.24, 2.45) is 5.92 Å². The number of amides is 1. The van der Waals surface area contributed by atoms with Crippen molar-refractivity contribution in [3.05, 3.63) is 34.0 Å². The molecule has 1 aromatic carbocycles. The van der Waals surface area contributed by atoms with E-state index in [9.17, 15) is 23.2 Å². The standard InChI is InChI=1S/C18H16F3N3OS/c1-9-14(20)11(7-12(19)15(9)21)16-13(8-22)26-18(23-16)24-17(25)10-5-3-2-4-6-10/h7,10H,2-6H2,1H3,(H,23,24,25). The van der Waals surface area contributed by atoms with Crippen LogP contribution >= 0.6 is 11.3 Å². The van der Waals surface area contributed by atoms with Gasteiger partial charge in [-0.25, -0.2) is 18.2 Å². The van der Waals surface area contributed by atoms with Crippen molar-refractivity contribution in [1.82, 2.24) is 4.98 Å². The third-order valence-corrected chi connectivity index (χ3v) is 5.44. The van der Waals surface area contributed by atoms with Crippen molar-refractivity contribution < 1.29 is 18.0 Å². The number of nitriles is 1. The number of aromatic nitrogens is 1. The first-order chi connectivity index (χ1) is 12.4. The lowest BCUT2D eigenvalue weighted by Gasteiger charge is -2.19. The van der Waals surface area contributed by atoms with Gasteiger partial charge in [-0.3, -0.25) is 4.79 Å². The molecule has 8 heteroatoms. The summed E-state index contributed by atoms with van der Waals surface area (Å²) in [5.74, 6) is -3.76. The van der Waals surface area contributed by atoms with E-state index in [1.165, 1.54) is 0 Å². The molecule has 1 fully saturated rings. The molecular formula is C18H16F3N3OS. The minimum absolute atomic E-state index is 0.0215. The quantitative estimate of drug-likeness (QED) is 0.769. The number of hydrogen-bond acceptors (Lipinski definition) is 4. The molecule has 1 aliphatic rings. The van der Waals surface area contributed by atoms with Crippen LogP contribution in [0, 0.1) is 41.6 Å². The van der Waals surface area contributed by atoms with E-state index in [2.05, 4.69) is 10.3 Å². The Kier molecular flexibility index (Phi) is 5.28. The third kappa shape index (κ3) is 3.44. The third-order valence-electron chi connectivity index (χ3n) is 4.57. The summed E-state index contributed by atoms with van der Waals surface area (Å²) in [6, 6.07) is 2.55. The van der Waals surface area contributed by atoms with Crippen molar-refractivity contribution in [3.63, 3.8) is 0 Å². The molecule has 1 aliphatic carbocycles. The second-order valence-corrected chi connectivity index (χ2v) is 7.29. The fraction of sp³-hybridized carbons (Fsp3) is 0.389. The summed E-state index contributed by atoms with van der Waals surface area (Å²) in [5.41, 5.74) is -0.881. The molecule has 2 aromatic rings. The molecule has 1 amide bonds. The number of benzene rings is 1. The lowest BCUT2D eigenvalue weighted by atomic mass is 9.89. The Morgan fingerprint density at radius 2 is 1.96 bits per heavy atom. The molecule has 26 heavy (non-hydrogen) atoms. The SMILES string of the molecule is Cc1c(F)c(F)cc(-c2nc(NC(=O)C3CCCCC3)sc2C#N)c1F. The van der Waals surface area contributed by atoms with Gasteiger partial charge in [-0.2, -0.15) is 5.26 Å². The lowest BCUT2D eigenvalue weighted by molar-refractivity contribution is -0.120. The van der Waals surface area contributed by atoms with Crippen molar-refractivity contribution in [3.8, 4) is 17.3 Å². The van der Waals surface area contributed by atoms with E-state index in [0.717, 1.165) is 50.4 Å². The number of carbonyl (C=O) groups is 1. The summed E-state index contributed by atoms with van der Waals surface area (Å²) in [5, 5.41) is 12.1. The molecule has 4 nitrogen and oxygen atoms in total. The van der Waals surface area contributed by atoms with E-state index in [0.29, 0.717) is 6.07 Å². The number of hydrogen-bond donors (Lipinski definition) is 1. The zero-order chi connectivity index (χ0) is 18.8. The first-order valence-corrected chi connectivity index (χ1v) is 9.10. The van der Waals surface area contributed by atoms with Crippen molar-refractivity contribution >= 4 is 22.4 Å². The van der Waals surface area contributed by atoms with Gasteiger partial charge in [0.05, 0.1) is 0 Å². The average molecular weight is 379 g/mol. The zero-order valence-corrected chi connectivity index (χ0v) is 14.9. The zero-order valence-electron chi connectivity index (χ0n) is 14.0. The molecule has 1 heterocycles. The smallest absolute Gasteiger partial charge is 0.229 e. The molecular weight excluding hydrogens is 363 g/mol. The monoisotopic (exact) mass is 379 g/mol. The maximum atomic E-state index is 14.4. The Morgan fingerprint density at radius 1 is 1.27 bits per heavy atom. The number of nitrogens with one attached hydrogen (secondary N) is 1. The Hall–Kier alpha value is -2.40. The van der Waals surface area contributed by atoms with Gasteiger partial charge in [0.1, 0.15) is 22.5 Å². The Balaban J connectivity index is 1.93. The molecule has 136 valence electrons. The van der Waals surface area contributed by atoms with Crippen molar-refractivity contribution in [1.29, 1.82) is 5.26 Å². The van der Waals surface area contributed by atoms with Gasteiger partial charge in [0.15, 0.2) is 16.8 Å². The summed E-state index contributed by atoms with van der Waals surface area (Å²) in [6.45, 7) is 1.11. The van der Waals surface area contributed by atoms with Crippen LogP contribution in [0.3, 0.4) is 0 Å². The molecule has 0 radical (unpaired) electrons. The van der Waals surface area contributed by atoms with Gasteiger partial charge in [0.2, 0.25) is 5.91 Å². The second-order valence-electron chi connectivity index (χ2n) is 6.29. The molecule has 0 saturated heterocycles. The fourth-order valence-corrected chi connectivity index (χ4v) is 3.89. The first kappa shape index (κ1) is 18.4. The van der Waals surface area contributed by atoms with E-state index in [-0.39, 0.29) is 33.1 Å². The highest BCUT2D eigenvalue weighted by atomic mass is 32.1. The van der Waals surface area contributed by atoms with E-state index in [4.69, 9.17) is 0 Å². The average Bonchev–Trinajstić information content (AvgIpc) is 3.06. The summed E-state index contributed by atoms with van der Waals surface area (Å²) >= 11 is 0.884. The normalized spacial score (nSPS) is 14.9. The summed E-state index contributed by atoms with van der Waals surface area (Å²) in [7, 11) is 0. The first-order valence-electron chi connectivity index (χ1n) is 8.28. The van der Waals surface area contributed by atoms with Crippen molar-refractivity contribution in [2.45, 2.75) is 39.0 Å². The second kappa shape index (κ2) is 7.46. The number of anilines is 1. The highest BCUT2D eigenvalue weighted by Crippen LogP contribution is 2.35. The molecule has 1 aromatic heterocycles. The van der Waals surface area contributed by atoms with Gasteiger partial charge in [-0.05, 0) is 25.8 Å². The Morgan fingerprint density at radius 3 is 2.62 bits per heavy atom. The predicted octanol–water partition coefficient (Wildman–Crippen LogP) is 4.93. The summed E-state index contributed by atoms with van der Waals surface area (Å²) in [6.07, 6.45) is 4.69. The molecule has 0 spiro atoms. The van der Waals surface area contributed by atoms with Crippen LogP contribution in [0.1, 0.15) is 42.5 Å². The topological polar surface area (TPSA) is 65.8 Å². The van der Waals surface area contributed by atoms with Gasteiger partial charge in [-0.15, -0.1) is 0 Å². The van der Waals surface area contributed by atoms with E-state index in [1.54, 1.807) is 0 Å². The van der Waals surface area contributed by atoms with Crippen LogP contribution in [-0.4, -0.2) is 10.9 Å². The molecule has 0 aliphatic heterocycles. The van der Waals surface area contributed by atoms with Crippen LogP contribution in [0.15, 0.2) is 6.07 Å². The largest absolute Gasteiger partial charge is 0.302 e. The van der Waals surface area contributed by atoms with Crippen LogP contribution < -0.4 is 5.32 Å². The van der Waals surface area contributed by atoms with Gasteiger partial charge < -0.3 is 5.32 Å². The number of carbonyl (C=O) groups excluding carboxylic acids is 1. The number of thiazole rings is 1. The fourth-order valence-electron chi connectivity index (χ4n) is 3.11. The van der Waals surface area contributed by atoms with E-state index < -0.39 is 23.0 Å². The van der Waals surface area contributed by atoms with Crippen molar-refractivity contribution in [2.75, 3.05) is 5.32 Å².